The minimum atomic E-state index is -0.671. The molecule has 8 nitrogen and oxygen atoms in total. The maximum absolute atomic E-state index is 14.8. The summed E-state index contributed by atoms with van der Waals surface area (Å²) in [6, 6.07) is 5.77. The van der Waals surface area contributed by atoms with Crippen LogP contribution in [0.25, 0.3) is 6.08 Å². The lowest BCUT2D eigenvalue weighted by Gasteiger charge is -2.38. The maximum atomic E-state index is 14.8. The lowest BCUT2D eigenvalue weighted by molar-refractivity contribution is -0.141. The van der Waals surface area contributed by atoms with E-state index in [9.17, 15) is 18.8 Å². The van der Waals surface area contributed by atoms with Crippen LogP contribution in [0.4, 0.5) is 4.39 Å². The smallest absolute Gasteiger partial charge is 0.327 e. The van der Waals surface area contributed by atoms with Crippen LogP contribution in [-0.2, 0) is 25.7 Å². The molecule has 1 aromatic carbocycles. The summed E-state index contributed by atoms with van der Waals surface area (Å²) >= 11 is 1.24. The SMILES string of the molecule is COC(=O)Cn1cc(/C=C2/CN(C(C(=O)C3CC3)c3ccccc3F)CCC2SC(C)=O)nn1. The Morgan fingerprint density at radius 1 is 1.26 bits per heavy atom. The first kappa shape index (κ1) is 24.3. The zero-order chi connectivity index (χ0) is 24.2. The highest BCUT2D eigenvalue weighted by atomic mass is 32.2. The van der Waals surface area contributed by atoms with E-state index in [1.807, 2.05) is 11.0 Å². The van der Waals surface area contributed by atoms with Crippen molar-refractivity contribution in [1.29, 1.82) is 0 Å². The van der Waals surface area contributed by atoms with Gasteiger partial charge in [0.15, 0.2) is 10.9 Å². The van der Waals surface area contributed by atoms with Crippen molar-refractivity contribution in [1.82, 2.24) is 19.9 Å². The highest BCUT2D eigenvalue weighted by Crippen LogP contribution is 2.40. The summed E-state index contributed by atoms with van der Waals surface area (Å²) in [5, 5.41) is 7.99. The summed E-state index contributed by atoms with van der Waals surface area (Å²) in [6.45, 7) is 2.43. The van der Waals surface area contributed by atoms with Crippen LogP contribution in [0.5, 0.6) is 0 Å². The maximum Gasteiger partial charge on any atom is 0.327 e. The first-order valence-corrected chi connectivity index (χ1v) is 12.1. The normalized spacial score (nSPS) is 20.8. The van der Waals surface area contributed by atoms with Gasteiger partial charge < -0.3 is 4.74 Å². The summed E-state index contributed by atoms with van der Waals surface area (Å²) in [5.74, 6) is -0.812. The van der Waals surface area contributed by atoms with E-state index in [-0.39, 0.29) is 28.6 Å². The quantitative estimate of drug-likeness (QED) is 0.526. The van der Waals surface area contributed by atoms with Crippen molar-refractivity contribution in [2.75, 3.05) is 20.2 Å². The third-order valence-electron chi connectivity index (χ3n) is 6.01. The number of thioether (sulfide) groups is 1. The van der Waals surface area contributed by atoms with E-state index in [0.717, 1.165) is 18.4 Å². The van der Waals surface area contributed by atoms with Crippen LogP contribution in [-0.4, -0.2) is 62.2 Å². The fourth-order valence-electron chi connectivity index (χ4n) is 4.24. The van der Waals surface area contributed by atoms with Crippen molar-refractivity contribution in [3.8, 4) is 0 Å². The molecule has 0 radical (unpaired) electrons. The minimum absolute atomic E-state index is 0.00148. The van der Waals surface area contributed by atoms with Crippen LogP contribution >= 0.6 is 11.8 Å². The van der Waals surface area contributed by atoms with Crippen LogP contribution in [0, 0.1) is 11.7 Å². The summed E-state index contributed by atoms with van der Waals surface area (Å²) in [7, 11) is 1.30. The summed E-state index contributed by atoms with van der Waals surface area (Å²) in [4.78, 5) is 38.7. The molecule has 0 bridgehead atoms. The van der Waals surface area contributed by atoms with Crippen LogP contribution in [0.2, 0.25) is 0 Å². The number of benzene rings is 1. The van der Waals surface area contributed by atoms with E-state index in [2.05, 4.69) is 15.0 Å². The number of halogens is 1. The molecule has 180 valence electrons. The zero-order valence-electron chi connectivity index (χ0n) is 19.1. The van der Waals surface area contributed by atoms with Crippen molar-refractivity contribution < 1.29 is 23.5 Å². The van der Waals surface area contributed by atoms with E-state index in [0.29, 0.717) is 30.8 Å². The van der Waals surface area contributed by atoms with Gasteiger partial charge in [-0.1, -0.05) is 35.2 Å². The van der Waals surface area contributed by atoms with Crippen LogP contribution in [0.15, 0.2) is 36.0 Å². The number of ketones is 1. The van der Waals surface area contributed by atoms with Gasteiger partial charge in [0.2, 0.25) is 0 Å². The van der Waals surface area contributed by atoms with Gasteiger partial charge in [0, 0.05) is 36.7 Å². The number of Topliss-reactive ketones (excluding diaryl/α,β-unsaturated/α-hetero) is 1. The van der Waals surface area contributed by atoms with Crippen molar-refractivity contribution in [3.63, 3.8) is 0 Å². The molecule has 34 heavy (non-hydrogen) atoms. The standard InChI is InChI=1S/C24H27FN4O4S/c1-15(30)34-21-9-10-28(12-17(21)11-18-13-29(27-26-18)14-22(31)33-2)23(24(32)16-7-8-16)19-5-3-4-6-20(19)25/h3-6,11,13,16,21,23H,7-10,12,14H2,1-2H3/b17-11-. The molecule has 0 N–H and O–H groups in total. The third kappa shape index (κ3) is 5.79. The first-order valence-electron chi connectivity index (χ1n) is 11.2. The molecular weight excluding hydrogens is 459 g/mol. The second kappa shape index (κ2) is 10.6. The number of piperidine rings is 1. The summed E-state index contributed by atoms with van der Waals surface area (Å²) < 4.78 is 20.8. The largest absolute Gasteiger partial charge is 0.468 e. The molecule has 1 saturated heterocycles. The Balaban J connectivity index is 1.63. The van der Waals surface area contributed by atoms with Gasteiger partial charge in [-0.25, -0.2) is 9.07 Å². The number of ether oxygens (including phenoxy) is 1. The second-order valence-corrected chi connectivity index (χ2v) is 9.97. The number of carbonyl (C=O) groups excluding carboxylic acids is 3. The molecule has 2 heterocycles. The second-order valence-electron chi connectivity index (χ2n) is 8.59. The minimum Gasteiger partial charge on any atom is -0.468 e. The molecule has 4 rings (SSSR count). The van der Waals surface area contributed by atoms with Crippen LogP contribution < -0.4 is 0 Å². The molecule has 2 aromatic rings. The molecule has 1 saturated carbocycles. The molecule has 10 heteroatoms. The van der Waals surface area contributed by atoms with Gasteiger partial charge in [0.1, 0.15) is 18.1 Å². The van der Waals surface area contributed by atoms with Crippen LogP contribution in [0.3, 0.4) is 0 Å². The van der Waals surface area contributed by atoms with E-state index < -0.39 is 17.8 Å². The lowest BCUT2D eigenvalue weighted by Crippen LogP contribution is -2.43. The summed E-state index contributed by atoms with van der Waals surface area (Å²) in [6.07, 6.45) is 5.78. The number of hydrogen-bond acceptors (Lipinski definition) is 8. The number of aromatic nitrogens is 3. The lowest BCUT2D eigenvalue weighted by atomic mass is 9.93. The number of likely N-dealkylation sites (tertiary alicyclic amines) is 1. The Kier molecular flexibility index (Phi) is 7.57. The fraction of sp³-hybridized carbons (Fsp3) is 0.458. The van der Waals surface area contributed by atoms with Gasteiger partial charge in [-0.15, -0.1) is 5.10 Å². The van der Waals surface area contributed by atoms with E-state index in [1.165, 1.54) is 36.5 Å². The number of esters is 1. The third-order valence-corrected chi connectivity index (χ3v) is 7.16. The summed E-state index contributed by atoms with van der Waals surface area (Å²) in [5.41, 5.74) is 1.83. The monoisotopic (exact) mass is 486 g/mol. The van der Waals surface area contributed by atoms with Crippen molar-refractivity contribution in [3.05, 3.63) is 53.1 Å². The van der Waals surface area contributed by atoms with Gasteiger partial charge in [0.05, 0.1) is 19.3 Å². The topological polar surface area (TPSA) is 94.4 Å². The molecule has 2 atom stereocenters. The number of methoxy groups -OCH3 is 1. The number of carbonyl (C=O) groups is 3. The Morgan fingerprint density at radius 3 is 2.71 bits per heavy atom. The molecule has 1 aliphatic heterocycles. The van der Waals surface area contributed by atoms with E-state index in [1.54, 1.807) is 24.4 Å². The van der Waals surface area contributed by atoms with Crippen molar-refractivity contribution in [2.24, 2.45) is 5.92 Å². The first-order chi connectivity index (χ1) is 16.4. The van der Waals surface area contributed by atoms with Crippen molar-refractivity contribution in [2.45, 2.75) is 44.0 Å². The Hall–Kier alpha value is -2.85. The highest BCUT2D eigenvalue weighted by Gasteiger charge is 2.41. The predicted molar refractivity (Wildman–Crippen MR) is 125 cm³/mol. The van der Waals surface area contributed by atoms with Crippen molar-refractivity contribution >= 4 is 34.7 Å². The molecular formula is C24H27FN4O4S. The average molecular weight is 487 g/mol. The van der Waals surface area contributed by atoms with Gasteiger partial charge in [-0.2, -0.15) is 0 Å². The van der Waals surface area contributed by atoms with Gasteiger partial charge in [-0.05, 0) is 37.0 Å². The molecule has 1 aliphatic carbocycles. The van der Waals surface area contributed by atoms with Crippen LogP contribution in [0.1, 0.15) is 43.5 Å². The molecule has 2 aliphatic rings. The Labute approximate surface area is 201 Å². The average Bonchev–Trinajstić information content (AvgIpc) is 3.57. The number of rotatable bonds is 8. The van der Waals surface area contributed by atoms with E-state index >= 15 is 0 Å². The molecule has 0 spiro atoms. The number of hydrogen-bond donors (Lipinski definition) is 0. The van der Waals surface area contributed by atoms with Gasteiger partial charge in [-0.3, -0.25) is 19.3 Å². The molecule has 0 amide bonds. The molecule has 2 fully saturated rings. The fourth-order valence-corrected chi connectivity index (χ4v) is 5.16. The van der Waals surface area contributed by atoms with E-state index in [4.69, 9.17) is 0 Å². The predicted octanol–water partition coefficient (Wildman–Crippen LogP) is 3.05. The highest BCUT2D eigenvalue weighted by molar-refractivity contribution is 8.14. The molecule has 1 aromatic heterocycles. The number of nitrogens with zero attached hydrogens (tertiary/aromatic N) is 4. The zero-order valence-corrected chi connectivity index (χ0v) is 20.0. The van der Waals surface area contributed by atoms with Gasteiger partial charge in [0.25, 0.3) is 0 Å². The Bertz CT molecular complexity index is 1110. The van der Waals surface area contributed by atoms with Gasteiger partial charge >= 0.3 is 5.97 Å². The Morgan fingerprint density at radius 2 is 2.03 bits per heavy atom. The molecule has 2 unspecified atom stereocenters.